The smallest absolute Gasteiger partial charge is 0.409 e. The Hall–Kier alpha value is -0.970. The van der Waals surface area contributed by atoms with Crippen LogP contribution in [0.15, 0.2) is 0 Å². The number of alkyl halides is 1. The van der Waals surface area contributed by atoms with E-state index in [-0.39, 0.29) is 18.0 Å². The highest BCUT2D eigenvalue weighted by molar-refractivity contribution is 6.17. The summed E-state index contributed by atoms with van der Waals surface area (Å²) in [4.78, 5) is 24.8. The largest absolute Gasteiger partial charge is 0.450 e. The summed E-state index contributed by atoms with van der Waals surface area (Å²) < 4.78 is 4.95. The first-order chi connectivity index (χ1) is 9.17. The van der Waals surface area contributed by atoms with Crippen LogP contribution in [0.3, 0.4) is 0 Å². The van der Waals surface area contributed by atoms with Crippen molar-refractivity contribution < 1.29 is 14.3 Å². The lowest BCUT2D eigenvalue weighted by Crippen LogP contribution is -2.46. The van der Waals surface area contributed by atoms with E-state index in [1.54, 1.807) is 11.8 Å². The Labute approximate surface area is 119 Å². The van der Waals surface area contributed by atoms with Crippen LogP contribution in [0.5, 0.6) is 0 Å². The maximum absolute atomic E-state index is 11.6. The molecule has 0 saturated carbocycles. The number of piperidine rings is 1. The number of carbonyl (C=O) groups excluding carboxylic acids is 2. The average Bonchev–Trinajstić information content (AvgIpc) is 2.40. The zero-order chi connectivity index (χ0) is 14.1. The minimum atomic E-state index is -0.255. The SMILES string of the molecule is CCOC(=O)N1CCC(NC(=O)CCCCCl)CC1. The Balaban J connectivity index is 2.19. The lowest BCUT2D eigenvalue weighted by Gasteiger charge is -2.31. The van der Waals surface area contributed by atoms with Gasteiger partial charge in [0.2, 0.25) is 5.91 Å². The van der Waals surface area contributed by atoms with Crippen molar-refractivity contribution in [3.8, 4) is 0 Å². The third-order valence-corrected chi connectivity index (χ3v) is 3.44. The van der Waals surface area contributed by atoms with Gasteiger partial charge in [-0.05, 0) is 32.6 Å². The quantitative estimate of drug-likeness (QED) is 0.602. The molecule has 1 N–H and O–H groups in total. The molecule has 2 amide bonds. The van der Waals surface area contributed by atoms with Crippen molar-refractivity contribution >= 4 is 23.6 Å². The van der Waals surface area contributed by atoms with Crippen molar-refractivity contribution in [3.05, 3.63) is 0 Å². The van der Waals surface area contributed by atoms with Gasteiger partial charge in [0.05, 0.1) is 6.61 Å². The van der Waals surface area contributed by atoms with Gasteiger partial charge in [-0.2, -0.15) is 0 Å². The number of unbranched alkanes of at least 4 members (excludes halogenated alkanes) is 1. The number of hydrogen-bond donors (Lipinski definition) is 1. The van der Waals surface area contributed by atoms with Gasteiger partial charge in [-0.15, -0.1) is 11.6 Å². The number of likely N-dealkylation sites (tertiary alicyclic amines) is 1. The van der Waals surface area contributed by atoms with Crippen LogP contribution in [0.1, 0.15) is 39.0 Å². The van der Waals surface area contributed by atoms with Crippen LogP contribution in [0, 0.1) is 0 Å². The number of carbonyl (C=O) groups is 2. The third kappa shape index (κ3) is 6.14. The van der Waals surface area contributed by atoms with Crippen molar-refractivity contribution in [2.45, 2.75) is 45.1 Å². The summed E-state index contributed by atoms with van der Waals surface area (Å²) in [5.74, 6) is 0.685. The summed E-state index contributed by atoms with van der Waals surface area (Å²) in [5, 5.41) is 3.01. The maximum atomic E-state index is 11.6. The lowest BCUT2D eigenvalue weighted by atomic mass is 10.1. The molecule has 0 aromatic heterocycles. The number of nitrogens with zero attached hydrogens (tertiary/aromatic N) is 1. The second-order valence-corrected chi connectivity index (χ2v) is 5.05. The molecule has 6 heteroatoms. The molecule has 1 saturated heterocycles. The topological polar surface area (TPSA) is 58.6 Å². The number of halogens is 1. The second-order valence-electron chi connectivity index (χ2n) is 4.67. The van der Waals surface area contributed by atoms with E-state index < -0.39 is 0 Å². The second kappa shape index (κ2) is 9.02. The molecule has 0 aliphatic carbocycles. The summed E-state index contributed by atoms with van der Waals surface area (Å²) in [7, 11) is 0. The molecule has 1 heterocycles. The van der Waals surface area contributed by atoms with Gasteiger partial charge in [0.1, 0.15) is 0 Å². The molecular weight excluding hydrogens is 268 g/mol. The van der Waals surface area contributed by atoms with Crippen molar-refractivity contribution in [1.82, 2.24) is 10.2 Å². The van der Waals surface area contributed by atoms with E-state index in [4.69, 9.17) is 16.3 Å². The fourth-order valence-electron chi connectivity index (χ4n) is 2.10. The number of amides is 2. The van der Waals surface area contributed by atoms with Crippen LogP contribution in [0.25, 0.3) is 0 Å². The number of nitrogens with one attached hydrogen (secondary N) is 1. The molecule has 5 nitrogen and oxygen atoms in total. The highest BCUT2D eigenvalue weighted by atomic mass is 35.5. The van der Waals surface area contributed by atoms with Gasteiger partial charge in [0.25, 0.3) is 0 Å². The zero-order valence-corrected chi connectivity index (χ0v) is 12.2. The van der Waals surface area contributed by atoms with E-state index in [0.29, 0.717) is 32.0 Å². The molecule has 0 bridgehead atoms. The summed E-state index contributed by atoms with van der Waals surface area (Å²) >= 11 is 5.57. The zero-order valence-electron chi connectivity index (χ0n) is 11.5. The number of ether oxygens (including phenoxy) is 1. The first kappa shape index (κ1) is 16.1. The van der Waals surface area contributed by atoms with Gasteiger partial charge in [0, 0.05) is 31.4 Å². The van der Waals surface area contributed by atoms with Crippen LogP contribution in [-0.2, 0) is 9.53 Å². The van der Waals surface area contributed by atoms with Gasteiger partial charge in [-0.25, -0.2) is 4.79 Å². The molecule has 0 unspecified atom stereocenters. The van der Waals surface area contributed by atoms with Crippen molar-refractivity contribution in [2.75, 3.05) is 25.6 Å². The Morgan fingerprint density at radius 1 is 1.32 bits per heavy atom. The summed E-state index contributed by atoms with van der Waals surface area (Å²) in [6, 6.07) is 0.175. The Bertz CT molecular complexity index is 292. The molecule has 1 aliphatic rings. The molecule has 0 spiro atoms. The predicted molar refractivity (Wildman–Crippen MR) is 74.3 cm³/mol. The molecule has 110 valence electrons. The fraction of sp³-hybridized carbons (Fsp3) is 0.846. The molecular formula is C13H23ClN2O3. The minimum Gasteiger partial charge on any atom is -0.450 e. The highest BCUT2D eigenvalue weighted by Gasteiger charge is 2.24. The van der Waals surface area contributed by atoms with Gasteiger partial charge >= 0.3 is 6.09 Å². The van der Waals surface area contributed by atoms with Crippen LogP contribution in [-0.4, -0.2) is 48.5 Å². The molecule has 0 aromatic carbocycles. The summed E-state index contributed by atoms with van der Waals surface area (Å²) in [6.45, 7) is 3.48. The van der Waals surface area contributed by atoms with Crippen molar-refractivity contribution in [3.63, 3.8) is 0 Å². The first-order valence-electron chi connectivity index (χ1n) is 6.94. The molecule has 0 radical (unpaired) electrons. The van der Waals surface area contributed by atoms with Crippen molar-refractivity contribution in [2.24, 2.45) is 0 Å². The molecule has 1 aliphatic heterocycles. The Morgan fingerprint density at radius 2 is 2.00 bits per heavy atom. The predicted octanol–water partition coefficient (Wildman–Crippen LogP) is 2.13. The normalized spacial score (nSPS) is 16.2. The first-order valence-corrected chi connectivity index (χ1v) is 7.47. The molecule has 1 fully saturated rings. The van der Waals surface area contributed by atoms with Gasteiger partial charge < -0.3 is 15.0 Å². The molecule has 0 atom stereocenters. The number of hydrogen-bond acceptors (Lipinski definition) is 3. The lowest BCUT2D eigenvalue weighted by molar-refractivity contribution is -0.122. The average molecular weight is 291 g/mol. The van der Waals surface area contributed by atoms with Gasteiger partial charge in [-0.3, -0.25) is 4.79 Å². The van der Waals surface area contributed by atoms with E-state index in [2.05, 4.69) is 5.32 Å². The van der Waals surface area contributed by atoms with E-state index in [1.807, 2.05) is 0 Å². The van der Waals surface area contributed by atoms with Crippen LogP contribution in [0.2, 0.25) is 0 Å². The van der Waals surface area contributed by atoms with Crippen LogP contribution < -0.4 is 5.32 Å². The molecule has 19 heavy (non-hydrogen) atoms. The van der Waals surface area contributed by atoms with Gasteiger partial charge in [0.15, 0.2) is 0 Å². The monoisotopic (exact) mass is 290 g/mol. The van der Waals surface area contributed by atoms with Crippen LogP contribution in [0.4, 0.5) is 4.79 Å². The molecule has 1 rings (SSSR count). The third-order valence-electron chi connectivity index (χ3n) is 3.17. The fourth-order valence-corrected chi connectivity index (χ4v) is 2.29. The van der Waals surface area contributed by atoms with E-state index >= 15 is 0 Å². The highest BCUT2D eigenvalue weighted by Crippen LogP contribution is 2.12. The van der Waals surface area contributed by atoms with Crippen molar-refractivity contribution in [1.29, 1.82) is 0 Å². The minimum absolute atomic E-state index is 0.0831. The maximum Gasteiger partial charge on any atom is 0.409 e. The van der Waals surface area contributed by atoms with E-state index in [9.17, 15) is 9.59 Å². The van der Waals surface area contributed by atoms with E-state index in [1.165, 1.54) is 0 Å². The van der Waals surface area contributed by atoms with Gasteiger partial charge in [-0.1, -0.05) is 0 Å². The summed E-state index contributed by atoms with van der Waals surface area (Å²) in [6.07, 6.45) is 3.56. The molecule has 0 aromatic rings. The van der Waals surface area contributed by atoms with Crippen LogP contribution >= 0.6 is 11.6 Å². The Morgan fingerprint density at radius 3 is 2.58 bits per heavy atom. The Kier molecular flexibility index (Phi) is 7.63. The summed E-state index contributed by atoms with van der Waals surface area (Å²) in [5.41, 5.74) is 0. The van der Waals surface area contributed by atoms with E-state index in [0.717, 1.165) is 25.7 Å². The standard InChI is InChI=1S/C13H23ClN2O3/c1-2-19-13(18)16-9-6-11(7-10-16)15-12(17)5-3-4-8-14/h11H,2-10H2,1H3,(H,15,17). The number of rotatable bonds is 6.